The van der Waals surface area contributed by atoms with Gasteiger partial charge in [0.25, 0.3) is 0 Å². The van der Waals surface area contributed by atoms with E-state index in [-0.39, 0.29) is 6.04 Å². The van der Waals surface area contributed by atoms with Crippen molar-refractivity contribution >= 4 is 0 Å². The Labute approximate surface area is 71.9 Å². The largest absolute Gasteiger partial charge is 0.468 e. The topological polar surface area (TPSA) is 51.2 Å². The first-order chi connectivity index (χ1) is 5.88. The highest BCUT2D eigenvalue weighted by atomic mass is 16.3. The highest BCUT2D eigenvalue weighted by molar-refractivity contribution is 5.08. The minimum Gasteiger partial charge on any atom is -0.468 e. The van der Waals surface area contributed by atoms with Crippen molar-refractivity contribution in [2.24, 2.45) is 5.84 Å². The molecular weight excluding hydrogens is 152 g/mol. The van der Waals surface area contributed by atoms with Gasteiger partial charge in [-0.2, -0.15) is 0 Å². The monoisotopic (exact) mass is 164 g/mol. The molecule has 0 saturated carbocycles. The first kappa shape index (κ1) is 8.85. The highest BCUT2D eigenvalue weighted by Crippen LogP contribution is 2.14. The normalized spacial score (nSPS) is 11.8. The molecule has 12 heavy (non-hydrogen) atoms. The molecule has 1 unspecified atom stereocenters. The lowest BCUT2D eigenvalue weighted by atomic mass is 10.2. The first-order valence-corrected chi connectivity index (χ1v) is 3.77. The Hall–Kier alpha value is -1.24. The van der Waals surface area contributed by atoms with Crippen LogP contribution in [0.15, 0.2) is 22.8 Å². The van der Waals surface area contributed by atoms with Gasteiger partial charge < -0.3 is 4.42 Å². The summed E-state index contributed by atoms with van der Waals surface area (Å²) in [5.74, 6) is 11.9. The van der Waals surface area contributed by atoms with Crippen LogP contribution in [0.2, 0.25) is 0 Å². The Morgan fingerprint density at radius 1 is 1.75 bits per heavy atom. The Kier molecular flexibility index (Phi) is 3.39. The lowest BCUT2D eigenvalue weighted by molar-refractivity contribution is 0.422. The number of nitrogens with one attached hydrogen (secondary N) is 1. The van der Waals surface area contributed by atoms with E-state index in [0.29, 0.717) is 6.42 Å². The maximum atomic E-state index is 5.33. The van der Waals surface area contributed by atoms with Gasteiger partial charge in [-0.05, 0) is 19.1 Å². The van der Waals surface area contributed by atoms with Gasteiger partial charge in [-0.15, -0.1) is 11.8 Å². The van der Waals surface area contributed by atoms with Gasteiger partial charge in [0.05, 0.1) is 12.3 Å². The zero-order valence-corrected chi connectivity index (χ0v) is 7.00. The predicted molar refractivity (Wildman–Crippen MR) is 46.8 cm³/mol. The molecular formula is C9H12N2O. The molecule has 0 aromatic carbocycles. The lowest BCUT2D eigenvalue weighted by Crippen LogP contribution is -2.27. The standard InChI is InChI=1S/C9H12N2O/c1-2-3-5-8(11-10)9-6-4-7-12-9/h4,6-8,11H,5,10H2,1H3. The third kappa shape index (κ3) is 2.12. The summed E-state index contributed by atoms with van der Waals surface area (Å²) < 4.78 is 5.17. The van der Waals surface area contributed by atoms with Gasteiger partial charge in [-0.1, -0.05) is 0 Å². The fourth-order valence-electron chi connectivity index (χ4n) is 0.935. The molecule has 0 saturated heterocycles. The minimum absolute atomic E-state index is 0.00699. The number of hydrogen-bond acceptors (Lipinski definition) is 3. The van der Waals surface area contributed by atoms with E-state index in [1.165, 1.54) is 0 Å². The van der Waals surface area contributed by atoms with Gasteiger partial charge >= 0.3 is 0 Å². The van der Waals surface area contributed by atoms with Crippen LogP contribution in [-0.2, 0) is 0 Å². The average molecular weight is 164 g/mol. The van der Waals surface area contributed by atoms with Gasteiger partial charge in [-0.25, -0.2) is 5.43 Å². The van der Waals surface area contributed by atoms with Crippen molar-refractivity contribution in [3.05, 3.63) is 24.2 Å². The van der Waals surface area contributed by atoms with Crippen molar-refractivity contribution in [1.29, 1.82) is 0 Å². The van der Waals surface area contributed by atoms with E-state index in [0.717, 1.165) is 5.76 Å². The van der Waals surface area contributed by atoms with Crippen LogP contribution < -0.4 is 11.3 Å². The Morgan fingerprint density at radius 3 is 3.08 bits per heavy atom. The Balaban J connectivity index is 2.61. The second-order valence-electron chi connectivity index (χ2n) is 2.37. The second kappa shape index (κ2) is 4.60. The third-order valence-corrected chi connectivity index (χ3v) is 1.57. The molecule has 0 aliphatic rings. The Bertz CT molecular complexity index is 268. The molecule has 0 aliphatic heterocycles. The van der Waals surface area contributed by atoms with E-state index < -0.39 is 0 Å². The first-order valence-electron chi connectivity index (χ1n) is 3.77. The fraction of sp³-hybridized carbons (Fsp3) is 0.333. The van der Waals surface area contributed by atoms with E-state index >= 15 is 0 Å². The lowest BCUT2D eigenvalue weighted by Gasteiger charge is -2.08. The van der Waals surface area contributed by atoms with Gasteiger partial charge in [0.15, 0.2) is 0 Å². The SMILES string of the molecule is CC#CCC(NN)c1ccco1. The molecule has 1 heterocycles. The van der Waals surface area contributed by atoms with E-state index in [9.17, 15) is 0 Å². The minimum atomic E-state index is -0.00699. The Morgan fingerprint density at radius 2 is 2.58 bits per heavy atom. The molecule has 0 aliphatic carbocycles. The summed E-state index contributed by atoms with van der Waals surface area (Å²) in [6.07, 6.45) is 2.29. The predicted octanol–water partition coefficient (Wildman–Crippen LogP) is 1.20. The second-order valence-corrected chi connectivity index (χ2v) is 2.37. The molecule has 1 aromatic rings. The van der Waals surface area contributed by atoms with Crippen molar-refractivity contribution < 1.29 is 4.42 Å². The average Bonchev–Trinajstić information content (AvgIpc) is 2.59. The highest BCUT2D eigenvalue weighted by Gasteiger charge is 2.09. The van der Waals surface area contributed by atoms with Crippen LogP contribution in [-0.4, -0.2) is 0 Å². The number of hydrazine groups is 1. The molecule has 0 amide bonds. The van der Waals surface area contributed by atoms with Crippen LogP contribution in [0.3, 0.4) is 0 Å². The van der Waals surface area contributed by atoms with Crippen LogP contribution in [0, 0.1) is 11.8 Å². The molecule has 0 bridgehead atoms. The third-order valence-electron chi connectivity index (χ3n) is 1.57. The zero-order valence-electron chi connectivity index (χ0n) is 7.00. The van der Waals surface area contributed by atoms with Crippen molar-refractivity contribution in [2.45, 2.75) is 19.4 Å². The summed E-state index contributed by atoms with van der Waals surface area (Å²) in [6, 6.07) is 3.70. The molecule has 1 rings (SSSR count). The van der Waals surface area contributed by atoms with Crippen LogP contribution in [0.25, 0.3) is 0 Å². The maximum Gasteiger partial charge on any atom is 0.122 e. The number of furan rings is 1. The zero-order chi connectivity index (χ0) is 8.81. The van der Waals surface area contributed by atoms with Gasteiger partial charge in [0.2, 0.25) is 0 Å². The quantitative estimate of drug-likeness (QED) is 0.401. The molecule has 0 spiro atoms. The summed E-state index contributed by atoms with van der Waals surface area (Å²) in [4.78, 5) is 0. The molecule has 64 valence electrons. The summed E-state index contributed by atoms with van der Waals surface area (Å²) in [5.41, 5.74) is 2.64. The van der Waals surface area contributed by atoms with E-state index in [2.05, 4.69) is 17.3 Å². The van der Waals surface area contributed by atoms with Crippen LogP contribution in [0.5, 0.6) is 0 Å². The van der Waals surface area contributed by atoms with Crippen molar-refractivity contribution in [1.82, 2.24) is 5.43 Å². The van der Waals surface area contributed by atoms with Crippen LogP contribution in [0.4, 0.5) is 0 Å². The fourth-order valence-corrected chi connectivity index (χ4v) is 0.935. The van der Waals surface area contributed by atoms with Crippen molar-refractivity contribution in [3.63, 3.8) is 0 Å². The van der Waals surface area contributed by atoms with Crippen LogP contribution in [0.1, 0.15) is 25.1 Å². The molecule has 3 N–H and O–H groups in total. The van der Waals surface area contributed by atoms with E-state index in [4.69, 9.17) is 10.3 Å². The summed E-state index contributed by atoms with van der Waals surface area (Å²) >= 11 is 0. The molecule has 1 atom stereocenters. The summed E-state index contributed by atoms with van der Waals surface area (Å²) in [7, 11) is 0. The van der Waals surface area contributed by atoms with E-state index in [1.54, 1.807) is 13.2 Å². The molecule has 3 heteroatoms. The van der Waals surface area contributed by atoms with Gasteiger partial charge in [0.1, 0.15) is 5.76 Å². The van der Waals surface area contributed by atoms with Crippen molar-refractivity contribution in [2.75, 3.05) is 0 Å². The molecule has 0 fully saturated rings. The molecule has 3 nitrogen and oxygen atoms in total. The van der Waals surface area contributed by atoms with Crippen molar-refractivity contribution in [3.8, 4) is 11.8 Å². The number of nitrogens with two attached hydrogens (primary N) is 1. The molecule has 1 aromatic heterocycles. The van der Waals surface area contributed by atoms with E-state index in [1.807, 2.05) is 12.1 Å². The number of rotatable bonds is 3. The smallest absolute Gasteiger partial charge is 0.122 e. The van der Waals surface area contributed by atoms with Crippen LogP contribution >= 0.6 is 0 Å². The summed E-state index contributed by atoms with van der Waals surface area (Å²) in [6.45, 7) is 1.80. The molecule has 0 radical (unpaired) electrons. The summed E-state index contributed by atoms with van der Waals surface area (Å²) in [5, 5.41) is 0. The van der Waals surface area contributed by atoms with Gasteiger partial charge in [0, 0.05) is 6.42 Å². The van der Waals surface area contributed by atoms with Gasteiger partial charge in [-0.3, -0.25) is 5.84 Å². The number of hydrogen-bond donors (Lipinski definition) is 2. The maximum absolute atomic E-state index is 5.33.